The lowest BCUT2D eigenvalue weighted by Gasteiger charge is -2.07. The number of fused-ring (bicyclic) bond motifs is 1. The summed E-state index contributed by atoms with van der Waals surface area (Å²) in [6.45, 7) is 0.601. The smallest absolute Gasteiger partial charge is 0.245 e. The number of nitriles is 1. The number of ether oxygens (including phenoxy) is 1. The topological polar surface area (TPSA) is 79.2 Å². The highest BCUT2D eigenvalue weighted by Gasteiger charge is 2.27. The molecule has 0 bridgehead atoms. The average Bonchev–Trinajstić information content (AvgIpc) is 2.86. The van der Waals surface area contributed by atoms with E-state index >= 15 is 0 Å². The standard InChI is InChI=1S/C13H12N2O3/c1-15-13(17)10(7-14)12(16)9-2-3-11-8(6-9)4-5-18-11/h2-3,6,10H,4-5H2,1H3,(H,15,17). The first-order valence-electron chi connectivity index (χ1n) is 5.58. The molecule has 1 aromatic rings. The molecule has 0 aromatic heterocycles. The van der Waals surface area contributed by atoms with Crippen molar-refractivity contribution in [1.82, 2.24) is 5.32 Å². The minimum absolute atomic E-state index is 0.370. The van der Waals surface area contributed by atoms with Gasteiger partial charge in [0, 0.05) is 19.0 Å². The molecule has 1 N–H and O–H groups in total. The number of hydrogen-bond acceptors (Lipinski definition) is 4. The van der Waals surface area contributed by atoms with Gasteiger partial charge in [0.25, 0.3) is 0 Å². The lowest BCUT2D eigenvalue weighted by molar-refractivity contribution is -0.121. The molecule has 0 radical (unpaired) electrons. The largest absolute Gasteiger partial charge is 0.493 e. The third kappa shape index (κ3) is 2.05. The van der Waals surface area contributed by atoms with Gasteiger partial charge in [0.15, 0.2) is 11.7 Å². The predicted octanol–water partition coefficient (Wildman–Crippen LogP) is 0.690. The number of carbonyl (C=O) groups excluding carboxylic acids is 2. The fourth-order valence-electron chi connectivity index (χ4n) is 1.89. The summed E-state index contributed by atoms with van der Waals surface area (Å²) in [5, 5.41) is 11.2. The van der Waals surface area contributed by atoms with E-state index < -0.39 is 17.6 Å². The monoisotopic (exact) mass is 244 g/mol. The Hall–Kier alpha value is -2.35. The molecule has 0 saturated carbocycles. The van der Waals surface area contributed by atoms with Crippen LogP contribution in [0.2, 0.25) is 0 Å². The summed E-state index contributed by atoms with van der Waals surface area (Å²) in [7, 11) is 1.40. The molecule has 5 nitrogen and oxygen atoms in total. The zero-order valence-electron chi connectivity index (χ0n) is 9.90. The van der Waals surface area contributed by atoms with Gasteiger partial charge in [-0.3, -0.25) is 9.59 Å². The number of carbonyl (C=O) groups is 2. The summed E-state index contributed by atoms with van der Waals surface area (Å²) in [4.78, 5) is 23.5. The van der Waals surface area contributed by atoms with Crippen LogP contribution in [0.3, 0.4) is 0 Å². The molecule has 0 spiro atoms. The number of nitrogens with one attached hydrogen (secondary N) is 1. The van der Waals surface area contributed by atoms with Gasteiger partial charge in [0.2, 0.25) is 5.91 Å². The first kappa shape index (κ1) is 12.1. The number of Topliss-reactive ketones (excluding diaryl/α,β-unsaturated/α-hetero) is 1. The maximum Gasteiger partial charge on any atom is 0.245 e. The lowest BCUT2D eigenvalue weighted by atomic mass is 9.96. The number of nitrogens with zero attached hydrogens (tertiary/aromatic N) is 1. The molecule has 1 aliphatic rings. The van der Waals surface area contributed by atoms with Crippen LogP contribution in [0.4, 0.5) is 0 Å². The molecule has 0 fully saturated rings. The van der Waals surface area contributed by atoms with Gasteiger partial charge in [-0.05, 0) is 23.8 Å². The normalized spacial score (nSPS) is 14.0. The van der Waals surface area contributed by atoms with Crippen molar-refractivity contribution in [3.8, 4) is 11.8 Å². The van der Waals surface area contributed by atoms with Gasteiger partial charge in [0.1, 0.15) is 5.75 Å². The number of rotatable bonds is 3. The van der Waals surface area contributed by atoms with Gasteiger partial charge in [-0.1, -0.05) is 0 Å². The first-order valence-corrected chi connectivity index (χ1v) is 5.58. The van der Waals surface area contributed by atoms with E-state index in [0.29, 0.717) is 12.2 Å². The van der Waals surface area contributed by atoms with Crippen molar-refractivity contribution in [2.75, 3.05) is 13.7 Å². The van der Waals surface area contributed by atoms with Crippen molar-refractivity contribution < 1.29 is 14.3 Å². The highest BCUT2D eigenvalue weighted by Crippen LogP contribution is 2.26. The first-order chi connectivity index (χ1) is 8.67. The molecule has 5 heteroatoms. The summed E-state index contributed by atoms with van der Waals surface area (Å²) in [5.74, 6) is -1.60. The molecular weight excluding hydrogens is 232 g/mol. The molecule has 18 heavy (non-hydrogen) atoms. The van der Waals surface area contributed by atoms with E-state index in [1.54, 1.807) is 24.3 Å². The van der Waals surface area contributed by atoms with Crippen LogP contribution in [0, 0.1) is 17.2 Å². The molecule has 1 amide bonds. The Balaban J connectivity index is 2.29. The van der Waals surface area contributed by atoms with Crippen LogP contribution in [0.1, 0.15) is 15.9 Å². The predicted molar refractivity (Wildman–Crippen MR) is 63.1 cm³/mol. The molecule has 2 rings (SSSR count). The van der Waals surface area contributed by atoms with Crippen molar-refractivity contribution in [2.45, 2.75) is 6.42 Å². The molecule has 92 valence electrons. The van der Waals surface area contributed by atoms with Crippen LogP contribution in [0.15, 0.2) is 18.2 Å². The van der Waals surface area contributed by atoms with Gasteiger partial charge < -0.3 is 10.1 Å². The Kier molecular flexibility index (Phi) is 3.28. The van der Waals surface area contributed by atoms with E-state index in [9.17, 15) is 9.59 Å². The van der Waals surface area contributed by atoms with E-state index in [2.05, 4.69) is 5.32 Å². The quantitative estimate of drug-likeness (QED) is 0.626. The second-order valence-corrected chi connectivity index (χ2v) is 3.96. The van der Waals surface area contributed by atoms with Crippen LogP contribution < -0.4 is 10.1 Å². The highest BCUT2D eigenvalue weighted by molar-refractivity contribution is 6.12. The Morgan fingerprint density at radius 1 is 1.50 bits per heavy atom. The van der Waals surface area contributed by atoms with Gasteiger partial charge in [-0.25, -0.2) is 0 Å². The second-order valence-electron chi connectivity index (χ2n) is 3.96. The van der Waals surface area contributed by atoms with E-state index in [1.165, 1.54) is 7.05 Å². The van der Waals surface area contributed by atoms with Crippen LogP contribution in [0.5, 0.6) is 5.75 Å². The molecule has 1 heterocycles. The van der Waals surface area contributed by atoms with Gasteiger partial charge in [-0.2, -0.15) is 5.26 Å². The average molecular weight is 244 g/mol. The Bertz CT molecular complexity index is 546. The fourth-order valence-corrected chi connectivity index (χ4v) is 1.89. The summed E-state index contributed by atoms with van der Waals surface area (Å²) >= 11 is 0. The molecule has 1 aliphatic heterocycles. The minimum atomic E-state index is -1.30. The van der Waals surface area contributed by atoms with Gasteiger partial charge in [-0.15, -0.1) is 0 Å². The summed E-state index contributed by atoms with van der Waals surface area (Å²) in [6.07, 6.45) is 0.744. The van der Waals surface area contributed by atoms with Gasteiger partial charge >= 0.3 is 0 Å². The highest BCUT2D eigenvalue weighted by atomic mass is 16.5. The summed E-state index contributed by atoms with van der Waals surface area (Å²) in [5.41, 5.74) is 1.31. The number of hydrogen-bond donors (Lipinski definition) is 1. The SMILES string of the molecule is CNC(=O)C(C#N)C(=O)c1ccc2c(c1)CCO2. The number of ketones is 1. The van der Waals surface area contributed by atoms with E-state index in [1.807, 2.05) is 0 Å². The van der Waals surface area contributed by atoms with Crippen molar-refractivity contribution in [3.63, 3.8) is 0 Å². The second kappa shape index (κ2) is 4.88. The summed E-state index contributed by atoms with van der Waals surface area (Å²) in [6, 6.07) is 6.70. The maximum absolute atomic E-state index is 12.1. The zero-order chi connectivity index (χ0) is 13.1. The van der Waals surface area contributed by atoms with Crippen LogP contribution >= 0.6 is 0 Å². The minimum Gasteiger partial charge on any atom is -0.493 e. The van der Waals surface area contributed by atoms with E-state index in [0.717, 1.165) is 17.7 Å². The van der Waals surface area contributed by atoms with Crippen molar-refractivity contribution >= 4 is 11.7 Å². The molecular formula is C13H12N2O3. The third-order valence-electron chi connectivity index (χ3n) is 2.87. The van der Waals surface area contributed by atoms with Crippen LogP contribution in [0.25, 0.3) is 0 Å². The molecule has 1 aromatic carbocycles. The Morgan fingerprint density at radius 2 is 2.28 bits per heavy atom. The van der Waals surface area contributed by atoms with Crippen LogP contribution in [-0.2, 0) is 11.2 Å². The zero-order valence-corrected chi connectivity index (χ0v) is 9.90. The van der Waals surface area contributed by atoms with Gasteiger partial charge in [0.05, 0.1) is 12.7 Å². The lowest BCUT2D eigenvalue weighted by Crippen LogP contribution is -2.32. The van der Waals surface area contributed by atoms with Crippen molar-refractivity contribution in [2.24, 2.45) is 5.92 Å². The molecule has 0 aliphatic carbocycles. The Morgan fingerprint density at radius 3 is 2.94 bits per heavy atom. The van der Waals surface area contributed by atoms with Crippen LogP contribution in [-0.4, -0.2) is 25.3 Å². The fraction of sp³-hybridized carbons (Fsp3) is 0.308. The number of amides is 1. The summed E-state index contributed by atoms with van der Waals surface area (Å²) < 4.78 is 5.33. The van der Waals surface area contributed by atoms with E-state index in [4.69, 9.17) is 10.00 Å². The van der Waals surface area contributed by atoms with Crippen molar-refractivity contribution in [3.05, 3.63) is 29.3 Å². The van der Waals surface area contributed by atoms with Crippen molar-refractivity contribution in [1.29, 1.82) is 5.26 Å². The molecule has 1 unspecified atom stereocenters. The molecule has 1 atom stereocenters. The molecule has 0 saturated heterocycles. The Labute approximate surface area is 104 Å². The third-order valence-corrected chi connectivity index (χ3v) is 2.87. The maximum atomic E-state index is 12.1. The number of benzene rings is 1. The van der Waals surface area contributed by atoms with E-state index in [-0.39, 0.29) is 0 Å².